The minimum atomic E-state index is 0.272. The Balaban J connectivity index is 1.82. The fraction of sp³-hybridized carbons (Fsp3) is 0.588. The van der Waals surface area contributed by atoms with Gasteiger partial charge in [0.25, 0.3) is 0 Å². The first-order valence-electron chi connectivity index (χ1n) is 7.76. The number of likely N-dealkylation sites (tertiary alicyclic amines) is 1. The van der Waals surface area contributed by atoms with Crippen molar-refractivity contribution in [2.24, 2.45) is 0 Å². The zero-order chi connectivity index (χ0) is 14.4. The van der Waals surface area contributed by atoms with Crippen LogP contribution in [0.15, 0.2) is 24.3 Å². The van der Waals surface area contributed by atoms with E-state index in [2.05, 4.69) is 31.3 Å². The van der Waals surface area contributed by atoms with Crippen LogP contribution in [0, 0.1) is 6.92 Å². The molecule has 0 atom stereocenters. The second kappa shape index (κ2) is 7.44. The average Bonchev–Trinajstić information content (AvgIpc) is 2.48. The molecule has 1 aliphatic heterocycles. The van der Waals surface area contributed by atoms with Crippen molar-refractivity contribution in [3.05, 3.63) is 35.4 Å². The molecule has 1 heterocycles. The summed E-state index contributed by atoms with van der Waals surface area (Å²) >= 11 is 0. The van der Waals surface area contributed by atoms with Crippen LogP contribution >= 0.6 is 0 Å². The molecule has 1 aromatic rings. The van der Waals surface area contributed by atoms with Crippen molar-refractivity contribution < 1.29 is 4.79 Å². The van der Waals surface area contributed by atoms with Gasteiger partial charge in [-0.05, 0) is 43.9 Å². The molecule has 0 radical (unpaired) electrons. The predicted octanol–water partition coefficient (Wildman–Crippen LogP) is 2.53. The minimum Gasteiger partial charge on any atom is -0.342 e. The lowest BCUT2D eigenvalue weighted by Crippen LogP contribution is -2.45. The smallest absolute Gasteiger partial charge is 0.227 e. The Labute approximate surface area is 122 Å². The highest BCUT2D eigenvalue weighted by Crippen LogP contribution is 2.14. The molecule has 1 aliphatic rings. The van der Waals surface area contributed by atoms with Crippen molar-refractivity contribution in [2.45, 2.75) is 45.6 Å². The fourth-order valence-corrected chi connectivity index (χ4v) is 2.76. The molecule has 0 spiro atoms. The molecule has 0 bridgehead atoms. The number of piperidine rings is 1. The number of nitrogens with zero attached hydrogens (tertiary/aromatic N) is 1. The lowest BCUT2D eigenvalue weighted by molar-refractivity contribution is -0.131. The largest absolute Gasteiger partial charge is 0.342 e. The SMILES string of the molecule is CCCNC1CCN(C(=O)Cc2ccccc2C)CC1. The van der Waals surface area contributed by atoms with Gasteiger partial charge in [-0.25, -0.2) is 0 Å². The summed E-state index contributed by atoms with van der Waals surface area (Å²) < 4.78 is 0. The van der Waals surface area contributed by atoms with Gasteiger partial charge in [-0.3, -0.25) is 4.79 Å². The van der Waals surface area contributed by atoms with E-state index in [1.54, 1.807) is 0 Å². The zero-order valence-electron chi connectivity index (χ0n) is 12.7. The maximum Gasteiger partial charge on any atom is 0.227 e. The molecule has 1 aromatic carbocycles. The first-order chi connectivity index (χ1) is 9.70. The van der Waals surface area contributed by atoms with Crippen molar-refractivity contribution in [3.8, 4) is 0 Å². The summed E-state index contributed by atoms with van der Waals surface area (Å²) in [5.41, 5.74) is 2.36. The van der Waals surface area contributed by atoms with Crippen LogP contribution in [0.1, 0.15) is 37.3 Å². The van der Waals surface area contributed by atoms with E-state index in [1.807, 2.05) is 17.0 Å². The van der Waals surface area contributed by atoms with Gasteiger partial charge in [0, 0.05) is 19.1 Å². The molecular weight excluding hydrogens is 248 g/mol. The molecule has 3 nitrogen and oxygen atoms in total. The molecule has 1 saturated heterocycles. The first-order valence-corrected chi connectivity index (χ1v) is 7.76. The van der Waals surface area contributed by atoms with Crippen LogP contribution in [0.5, 0.6) is 0 Å². The minimum absolute atomic E-state index is 0.272. The van der Waals surface area contributed by atoms with Crippen LogP contribution < -0.4 is 5.32 Å². The lowest BCUT2D eigenvalue weighted by Gasteiger charge is -2.32. The van der Waals surface area contributed by atoms with E-state index in [0.717, 1.165) is 38.0 Å². The van der Waals surface area contributed by atoms with Crippen molar-refractivity contribution in [2.75, 3.05) is 19.6 Å². The molecule has 0 aromatic heterocycles. The summed E-state index contributed by atoms with van der Waals surface area (Å²) in [6, 6.07) is 8.76. The molecule has 110 valence electrons. The highest BCUT2D eigenvalue weighted by Gasteiger charge is 2.22. The van der Waals surface area contributed by atoms with Crippen LogP contribution in [0.3, 0.4) is 0 Å². The number of hydrogen-bond acceptors (Lipinski definition) is 2. The van der Waals surface area contributed by atoms with Gasteiger partial charge >= 0.3 is 0 Å². The third-order valence-electron chi connectivity index (χ3n) is 4.13. The van der Waals surface area contributed by atoms with E-state index in [4.69, 9.17) is 0 Å². The number of aryl methyl sites for hydroxylation is 1. The Morgan fingerprint density at radius 1 is 1.30 bits per heavy atom. The third kappa shape index (κ3) is 4.07. The van der Waals surface area contributed by atoms with Crippen molar-refractivity contribution in [3.63, 3.8) is 0 Å². The number of carbonyl (C=O) groups is 1. The van der Waals surface area contributed by atoms with E-state index in [0.29, 0.717) is 12.5 Å². The maximum atomic E-state index is 12.3. The topological polar surface area (TPSA) is 32.3 Å². The standard InChI is InChI=1S/C17H26N2O/c1-3-10-18-16-8-11-19(12-9-16)17(20)13-15-7-5-4-6-14(15)2/h4-7,16,18H,3,8-13H2,1-2H3. The predicted molar refractivity (Wildman–Crippen MR) is 82.8 cm³/mol. The van der Waals surface area contributed by atoms with Crippen LogP contribution in [-0.2, 0) is 11.2 Å². The molecular formula is C17H26N2O. The second-order valence-corrected chi connectivity index (χ2v) is 5.71. The Kier molecular flexibility index (Phi) is 5.60. The number of benzene rings is 1. The van der Waals surface area contributed by atoms with E-state index in [-0.39, 0.29) is 5.91 Å². The van der Waals surface area contributed by atoms with Gasteiger partial charge in [0.15, 0.2) is 0 Å². The number of amides is 1. The number of carbonyl (C=O) groups excluding carboxylic acids is 1. The van der Waals surface area contributed by atoms with Crippen molar-refractivity contribution in [1.82, 2.24) is 10.2 Å². The normalized spacial score (nSPS) is 16.4. The summed E-state index contributed by atoms with van der Waals surface area (Å²) in [4.78, 5) is 14.4. The van der Waals surface area contributed by atoms with E-state index in [1.165, 1.54) is 12.0 Å². The number of rotatable bonds is 5. The van der Waals surface area contributed by atoms with Gasteiger partial charge in [0.05, 0.1) is 6.42 Å². The van der Waals surface area contributed by atoms with Gasteiger partial charge in [-0.15, -0.1) is 0 Å². The molecule has 0 unspecified atom stereocenters. The molecule has 2 rings (SSSR count). The van der Waals surface area contributed by atoms with Crippen LogP contribution in [0.2, 0.25) is 0 Å². The summed E-state index contributed by atoms with van der Waals surface area (Å²) in [6.45, 7) is 7.14. The fourth-order valence-electron chi connectivity index (χ4n) is 2.76. The summed E-state index contributed by atoms with van der Waals surface area (Å²) in [5.74, 6) is 0.272. The van der Waals surface area contributed by atoms with Gasteiger partial charge in [0.2, 0.25) is 5.91 Å². The van der Waals surface area contributed by atoms with Gasteiger partial charge in [0.1, 0.15) is 0 Å². The Morgan fingerprint density at radius 3 is 2.65 bits per heavy atom. The Bertz CT molecular complexity index is 436. The van der Waals surface area contributed by atoms with Crippen LogP contribution in [0.4, 0.5) is 0 Å². The maximum absolute atomic E-state index is 12.3. The van der Waals surface area contributed by atoms with E-state index in [9.17, 15) is 4.79 Å². The van der Waals surface area contributed by atoms with Gasteiger partial charge in [-0.2, -0.15) is 0 Å². The summed E-state index contributed by atoms with van der Waals surface area (Å²) in [6.07, 6.45) is 3.88. The molecule has 0 saturated carbocycles. The molecule has 3 heteroatoms. The summed E-state index contributed by atoms with van der Waals surface area (Å²) in [7, 11) is 0. The number of hydrogen-bond donors (Lipinski definition) is 1. The molecule has 1 amide bonds. The lowest BCUT2D eigenvalue weighted by atomic mass is 10.0. The molecule has 20 heavy (non-hydrogen) atoms. The second-order valence-electron chi connectivity index (χ2n) is 5.71. The monoisotopic (exact) mass is 274 g/mol. The quantitative estimate of drug-likeness (QED) is 0.895. The van der Waals surface area contributed by atoms with Crippen LogP contribution in [0.25, 0.3) is 0 Å². The Morgan fingerprint density at radius 2 is 2.00 bits per heavy atom. The molecule has 1 fully saturated rings. The average molecular weight is 274 g/mol. The van der Waals surface area contributed by atoms with Gasteiger partial charge < -0.3 is 10.2 Å². The van der Waals surface area contributed by atoms with E-state index >= 15 is 0 Å². The molecule has 0 aliphatic carbocycles. The Hall–Kier alpha value is -1.35. The molecule has 1 N–H and O–H groups in total. The van der Waals surface area contributed by atoms with Crippen molar-refractivity contribution >= 4 is 5.91 Å². The van der Waals surface area contributed by atoms with E-state index < -0.39 is 0 Å². The van der Waals surface area contributed by atoms with Crippen molar-refractivity contribution in [1.29, 1.82) is 0 Å². The highest BCUT2D eigenvalue weighted by atomic mass is 16.2. The van der Waals surface area contributed by atoms with Crippen LogP contribution in [-0.4, -0.2) is 36.5 Å². The number of nitrogens with one attached hydrogen (secondary N) is 1. The zero-order valence-corrected chi connectivity index (χ0v) is 12.7. The first kappa shape index (κ1) is 15.0. The van der Waals surface area contributed by atoms with Gasteiger partial charge in [-0.1, -0.05) is 31.2 Å². The third-order valence-corrected chi connectivity index (χ3v) is 4.13. The highest BCUT2D eigenvalue weighted by molar-refractivity contribution is 5.79. The summed E-state index contributed by atoms with van der Waals surface area (Å²) in [5, 5.41) is 3.55.